The molecule has 1 aliphatic heterocycles. The van der Waals surface area contributed by atoms with Crippen LogP contribution in [0.5, 0.6) is 0 Å². The maximum atomic E-state index is 12.3. The first kappa shape index (κ1) is 13.7. The normalized spacial score (nSPS) is 18.2. The van der Waals surface area contributed by atoms with E-state index in [0.717, 1.165) is 30.3 Å². The highest BCUT2D eigenvalue weighted by atomic mass is 16.5. The van der Waals surface area contributed by atoms with E-state index < -0.39 is 0 Å². The molecule has 0 bridgehead atoms. The zero-order chi connectivity index (χ0) is 15.0. The molecule has 5 heteroatoms. The van der Waals surface area contributed by atoms with Crippen LogP contribution in [-0.4, -0.2) is 30.6 Å². The van der Waals surface area contributed by atoms with Crippen LogP contribution in [0.1, 0.15) is 30.1 Å². The topological polar surface area (TPSA) is 62.4 Å². The molecule has 1 saturated heterocycles. The Morgan fingerprint density at radius 3 is 2.86 bits per heavy atom. The summed E-state index contributed by atoms with van der Waals surface area (Å²) in [5.41, 5.74) is 1.80. The lowest BCUT2D eigenvalue weighted by atomic mass is 10.1. The summed E-state index contributed by atoms with van der Waals surface area (Å²) in [6, 6.07) is 7.37. The maximum Gasteiger partial charge on any atom is 0.337 e. The van der Waals surface area contributed by atoms with E-state index in [0.29, 0.717) is 17.3 Å². The summed E-state index contributed by atoms with van der Waals surface area (Å²) < 4.78 is 4.73. The molecule has 3 rings (SSSR count). The molecule has 0 radical (unpaired) electrons. The highest BCUT2D eigenvalue weighted by molar-refractivity contribution is 5.95. The molecule has 0 aliphatic carbocycles. The maximum absolute atomic E-state index is 12.3. The molecule has 0 amide bonds. The van der Waals surface area contributed by atoms with Crippen LogP contribution in [0.3, 0.4) is 0 Å². The number of carbonyl (C=O) groups excluding carboxylic acids is 1. The summed E-state index contributed by atoms with van der Waals surface area (Å²) in [7, 11) is 1.36. The predicted molar refractivity (Wildman–Crippen MR) is 82.0 cm³/mol. The number of methoxy groups -OCH3 is 1. The minimum atomic E-state index is -0.376. The van der Waals surface area contributed by atoms with Crippen LogP contribution in [0.15, 0.2) is 29.1 Å². The Morgan fingerprint density at radius 1 is 1.38 bits per heavy atom. The molecule has 0 saturated carbocycles. The van der Waals surface area contributed by atoms with Crippen molar-refractivity contribution >= 4 is 22.6 Å². The van der Waals surface area contributed by atoms with E-state index in [2.05, 4.69) is 16.8 Å². The molecule has 2 heterocycles. The number of fused-ring (bicyclic) bond motifs is 1. The molecular weight excluding hydrogens is 268 g/mol. The largest absolute Gasteiger partial charge is 0.465 e. The smallest absolute Gasteiger partial charge is 0.337 e. The molecule has 5 nitrogen and oxygen atoms in total. The van der Waals surface area contributed by atoms with Gasteiger partial charge in [0.25, 0.3) is 5.56 Å². The average Bonchev–Trinajstić information content (AvgIpc) is 2.91. The molecular formula is C16H18N2O3. The number of rotatable bonds is 2. The molecule has 2 aromatic rings. The number of esters is 1. The molecule has 110 valence electrons. The summed E-state index contributed by atoms with van der Waals surface area (Å²) in [5, 5.41) is 0.839. The van der Waals surface area contributed by atoms with Crippen molar-refractivity contribution in [3.8, 4) is 0 Å². The number of anilines is 1. The Morgan fingerprint density at radius 2 is 2.19 bits per heavy atom. The molecule has 1 fully saturated rings. The van der Waals surface area contributed by atoms with Crippen molar-refractivity contribution in [1.29, 1.82) is 0 Å². The lowest BCUT2D eigenvalue weighted by Gasteiger charge is -2.23. The van der Waals surface area contributed by atoms with Crippen molar-refractivity contribution in [2.75, 3.05) is 18.6 Å². The van der Waals surface area contributed by atoms with E-state index in [9.17, 15) is 9.59 Å². The van der Waals surface area contributed by atoms with Gasteiger partial charge in [-0.05, 0) is 44.0 Å². The second-order valence-electron chi connectivity index (χ2n) is 5.46. The van der Waals surface area contributed by atoms with Gasteiger partial charge in [0.05, 0.1) is 12.7 Å². The average molecular weight is 286 g/mol. The number of nitrogens with one attached hydrogen (secondary N) is 1. The molecule has 1 aromatic heterocycles. The zero-order valence-electron chi connectivity index (χ0n) is 12.2. The van der Waals surface area contributed by atoms with Crippen LogP contribution in [0.2, 0.25) is 0 Å². The Kier molecular flexibility index (Phi) is 3.41. The van der Waals surface area contributed by atoms with Gasteiger partial charge in [-0.1, -0.05) is 0 Å². The quantitative estimate of drug-likeness (QED) is 0.860. The summed E-state index contributed by atoms with van der Waals surface area (Å²) in [4.78, 5) is 28.9. The number of benzene rings is 1. The van der Waals surface area contributed by atoms with E-state index in [1.807, 2.05) is 6.07 Å². The zero-order valence-corrected chi connectivity index (χ0v) is 12.2. The van der Waals surface area contributed by atoms with Gasteiger partial charge < -0.3 is 14.6 Å². The van der Waals surface area contributed by atoms with Gasteiger partial charge in [-0.25, -0.2) is 4.79 Å². The summed E-state index contributed by atoms with van der Waals surface area (Å²) in [5.74, 6) is -0.376. The Hall–Kier alpha value is -2.30. The second kappa shape index (κ2) is 5.24. The van der Waals surface area contributed by atoms with Crippen molar-refractivity contribution in [2.24, 2.45) is 0 Å². The number of H-pyrrole nitrogens is 1. The standard InChI is InChI=1S/C16H18N2O3/c1-10-4-3-7-18(10)14-9-12-8-11(16(20)21-2)5-6-13(12)17-15(14)19/h5-6,8-10H,3-4,7H2,1-2H3,(H,17,19)/t10-/m0/s1. The highest BCUT2D eigenvalue weighted by Crippen LogP contribution is 2.25. The number of ether oxygens (including phenoxy) is 1. The summed E-state index contributed by atoms with van der Waals surface area (Å²) in [6.07, 6.45) is 2.19. The predicted octanol–water partition coefficient (Wildman–Crippen LogP) is 2.30. The van der Waals surface area contributed by atoms with Gasteiger partial charge in [-0.3, -0.25) is 4.79 Å². The number of aromatic amines is 1. The first-order chi connectivity index (χ1) is 10.1. The van der Waals surface area contributed by atoms with E-state index in [-0.39, 0.29) is 11.5 Å². The molecule has 21 heavy (non-hydrogen) atoms. The highest BCUT2D eigenvalue weighted by Gasteiger charge is 2.23. The fourth-order valence-corrected chi connectivity index (χ4v) is 2.94. The third-order valence-corrected chi connectivity index (χ3v) is 4.11. The Bertz CT molecular complexity index is 751. The molecule has 1 N–H and O–H groups in total. The second-order valence-corrected chi connectivity index (χ2v) is 5.46. The van der Waals surface area contributed by atoms with Gasteiger partial charge in [-0.15, -0.1) is 0 Å². The first-order valence-corrected chi connectivity index (χ1v) is 7.12. The fraction of sp³-hybridized carbons (Fsp3) is 0.375. The first-order valence-electron chi connectivity index (χ1n) is 7.12. The SMILES string of the molecule is COC(=O)c1ccc2[nH]c(=O)c(N3CCC[C@@H]3C)cc2c1. The van der Waals surface area contributed by atoms with E-state index in [1.165, 1.54) is 7.11 Å². The van der Waals surface area contributed by atoms with Gasteiger partial charge in [0.1, 0.15) is 5.69 Å². The van der Waals surface area contributed by atoms with Crippen molar-refractivity contribution in [3.63, 3.8) is 0 Å². The molecule has 1 atom stereocenters. The van der Waals surface area contributed by atoms with Gasteiger partial charge in [-0.2, -0.15) is 0 Å². The van der Waals surface area contributed by atoms with E-state index in [1.54, 1.807) is 18.2 Å². The Balaban J connectivity index is 2.11. The van der Waals surface area contributed by atoms with Crippen LogP contribution in [0.25, 0.3) is 10.9 Å². The van der Waals surface area contributed by atoms with Crippen molar-refractivity contribution in [3.05, 3.63) is 40.2 Å². The third-order valence-electron chi connectivity index (χ3n) is 4.11. The van der Waals surface area contributed by atoms with Crippen molar-refractivity contribution in [2.45, 2.75) is 25.8 Å². The molecule has 0 unspecified atom stereocenters. The van der Waals surface area contributed by atoms with Crippen LogP contribution >= 0.6 is 0 Å². The lowest BCUT2D eigenvalue weighted by molar-refractivity contribution is 0.0601. The van der Waals surface area contributed by atoms with Crippen molar-refractivity contribution in [1.82, 2.24) is 4.98 Å². The molecule has 1 aliphatic rings. The fourth-order valence-electron chi connectivity index (χ4n) is 2.94. The number of carbonyl (C=O) groups is 1. The van der Waals surface area contributed by atoms with Crippen LogP contribution in [0, 0.1) is 0 Å². The van der Waals surface area contributed by atoms with Gasteiger partial charge in [0.2, 0.25) is 0 Å². The lowest BCUT2D eigenvalue weighted by Crippen LogP contribution is -2.31. The summed E-state index contributed by atoms with van der Waals surface area (Å²) >= 11 is 0. The summed E-state index contributed by atoms with van der Waals surface area (Å²) in [6.45, 7) is 3.02. The number of hydrogen-bond acceptors (Lipinski definition) is 4. The molecule has 0 spiro atoms. The number of nitrogens with zero attached hydrogens (tertiary/aromatic N) is 1. The van der Waals surface area contributed by atoms with Gasteiger partial charge in [0.15, 0.2) is 0 Å². The van der Waals surface area contributed by atoms with Gasteiger partial charge >= 0.3 is 5.97 Å². The van der Waals surface area contributed by atoms with E-state index >= 15 is 0 Å². The monoisotopic (exact) mass is 286 g/mol. The van der Waals surface area contributed by atoms with Crippen LogP contribution in [0.4, 0.5) is 5.69 Å². The number of pyridine rings is 1. The van der Waals surface area contributed by atoms with Crippen LogP contribution < -0.4 is 10.5 Å². The number of hydrogen-bond donors (Lipinski definition) is 1. The van der Waals surface area contributed by atoms with Crippen LogP contribution in [-0.2, 0) is 4.74 Å². The number of aromatic nitrogens is 1. The van der Waals surface area contributed by atoms with Gasteiger partial charge in [0, 0.05) is 23.5 Å². The van der Waals surface area contributed by atoms with Crippen molar-refractivity contribution < 1.29 is 9.53 Å². The minimum Gasteiger partial charge on any atom is -0.465 e. The van der Waals surface area contributed by atoms with E-state index in [4.69, 9.17) is 4.74 Å². The minimum absolute atomic E-state index is 0.0814. The third kappa shape index (κ3) is 2.39. The molecule has 1 aromatic carbocycles. The Labute approximate surface area is 122 Å².